The van der Waals surface area contributed by atoms with Crippen molar-refractivity contribution < 1.29 is 9.47 Å². The van der Waals surface area contributed by atoms with Crippen molar-refractivity contribution in [3.05, 3.63) is 119 Å². The van der Waals surface area contributed by atoms with E-state index < -0.39 is 0 Å². The van der Waals surface area contributed by atoms with Gasteiger partial charge in [0.25, 0.3) is 0 Å². The number of hydrogen-bond donors (Lipinski definition) is 1. The van der Waals surface area contributed by atoms with Crippen LogP contribution < -0.4 is 19.7 Å². The first kappa shape index (κ1) is 25.6. The second-order valence-electron chi connectivity index (χ2n) is 10.3. The molecule has 0 amide bonds. The topological polar surface area (TPSA) is 76.3 Å². The number of anilines is 2. The van der Waals surface area contributed by atoms with Crippen molar-refractivity contribution in [2.45, 2.75) is 19.9 Å². The molecule has 7 rings (SSSR count). The van der Waals surface area contributed by atoms with E-state index in [2.05, 4.69) is 53.5 Å². The Labute approximate surface area is 244 Å². The van der Waals surface area contributed by atoms with Crippen molar-refractivity contribution in [1.82, 2.24) is 9.78 Å². The summed E-state index contributed by atoms with van der Waals surface area (Å²) in [5.74, 6) is 3.46. The highest BCUT2D eigenvalue weighted by atomic mass is 16.5. The molecule has 208 valence electrons. The van der Waals surface area contributed by atoms with Crippen molar-refractivity contribution in [2.75, 3.05) is 24.4 Å². The Morgan fingerprint density at radius 3 is 2.26 bits per heavy atom. The molecule has 3 heterocycles. The number of aromatic nitrogens is 2. The van der Waals surface area contributed by atoms with Gasteiger partial charge in [-0.2, -0.15) is 5.10 Å². The van der Waals surface area contributed by atoms with Crippen LogP contribution in [0.1, 0.15) is 28.4 Å². The van der Waals surface area contributed by atoms with E-state index in [0.717, 1.165) is 45.4 Å². The standard InChI is InChI=1S/C34H30N6O2/c1-21-14-17-24(18-15-21)35-32-34-37-33-30(22(2)38-40(33)25-10-6-5-7-11-25)31(23-16-19-28(41-3)29(20-23)42-4)39(34)27-13-9-8-12-26(27)36-32/h5-20,31H,1-4H3,(H,35,36)/t31-/m0/s1. The number of hydrogen-bond acceptors (Lipinski definition) is 7. The molecule has 0 saturated carbocycles. The van der Waals surface area contributed by atoms with Crippen LogP contribution in [-0.4, -0.2) is 35.7 Å². The van der Waals surface area contributed by atoms with E-state index in [9.17, 15) is 0 Å². The van der Waals surface area contributed by atoms with Crippen LogP contribution in [0.15, 0.2) is 107 Å². The van der Waals surface area contributed by atoms with Crippen molar-refractivity contribution in [3.8, 4) is 17.2 Å². The third-order valence-electron chi connectivity index (χ3n) is 7.68. The lowest BCUT2D eigenvalue weighted by molar-refractivity contribution is 0.354. The SMILES string of the molecule is COc1ccc([C@H]2c3c(C)nn(-c4ccccc4)c3N=C3C(Nc4ccc(C)cc4)=Nc4ccccc4N32)cc1OC. The normalized spacial score (nSPS) is 15.1. The Morgan fingerprint density at radius 1 is 0.762 bits per heavy atom. The monoisotopic (exact) mass is 554 g/mol. The molecular weight excluding hydrogens is 524 g/mol. The summed E-state index contributed by atoms with van der Waals surface area (Å²) in [5.41, 5.74) is 7.80. The van der Waals surface area contributed by atoms with E-state index in [1.54, 1.807) is 14.2 Å². The minimum atomic E-state index is -0.267. The van der Waals surface area contributed by atoms with Crippen LogP contribution >= 0.6 is 0 Å². The third kappa shape index (κ3) is 4.19. The van der Waals surface area contributed by atoms with Gasteiger partial charge in [0, 0.05) is 11.3 Å². The van der Waals surface area contributed by atoms with E-state index in [-0.39, 0.29) is 6.04 Å². The molecule has 1 aromatic heterocycles. The number of methoxy groups -OCH3 is 2. The predicted octanol–water partition coefficient (Wildman–Crippen LogP) is 7.30. The fraction of sp³-hybridized carbons (Fsp3) is 0.147. The maximum atomic E-state index is 5.75. The molecule has 8 heteroatoms. The summed E-state index contributed by atoms with van der Waals surface area (Å²) in [6, 6.07) is 32.3. The average Bonchev–Trinajstić information content (AvgIpc) is 3.37. The Bertz CT molecular complexity index is 1860. The number of fused-ring (bicyclic) bond motifs is 4. The maximum Gasteiger partial charge on any atom is 0.179 e. The number of aliphatic imine (C=N–C) groups is 2. The van der Waals surface area contributed by atoms with E-state index in [1.165, 1.54) is 5.56 Å². The van der Waals surface area contributed by atoms with Gasteiger partial charge in [0.05, 0.1) is 43.0 Å². The van der Waals surface area contributed by atoms with E-state index in [0.29, 0.717) is 23.2 Å². The number of nitrogens with one attached hydrogen (secondary N) is 1. The Kier molecular flexibility index (Phi) is 6.23. The minimum absolute atomic E-state index is 0.267. The van der Waals surface area contributed by atoms with Crippen molar-refractivity contribution in [2.24, 2.45) is 9.98 Å². The highest BCUT2D eigenvalue weighted by molar-refractivity contribution is 6.51. The molecule has 8 nitrogen and oxygen atoms in total. The average molecular weight is 555 g/mol. The minimum Gasteiger partial charge on any atom is -0.493 e. The van der Waals surface area contributed by atoms with Crippen LogP contribution in [0.3, 0.4) is 0 Å². The lowest BCUT2D eigenvalue weighted by Crippen LogP contribution is -2.46. The Balaban J connectivity index is 1.50. The number of amidine groups is 2. The van der Waals surface area contributed by atoms with Crippen molar-refractivity contribution in [3.63, 3.8) is 0 Å². The molecule has 0 aliphatic carbocycles. The molecule has 0 radical (unpaired) electrons. The molecule has 0 unspecified atom stereocenters. The summed E-state index contributed by atoms with van der Waals surface area (Å²) in [5, 5.41) is 8.57. The smallest absolute Gasteiger partial charge is 0.179 e. The van der Waals surface area contributed by atoms with Gasteiger partial charge >= 0.3 is 0 Å². The first-order valence-electron chi connectivity index (χ1n) is 13.8. The molecule has 0 fully saturated rings. The molecule has 2 aliphatic heterocycles. The van der Waals surface area contributed by atoms with Crippen LogP contribution in [0.4, 0.5) is 22.9 Å². The zero-order valence-electron chi connectivity index (χ0n) is 23.9. The molecule has 0 saturated heterocycles. The fourth-order valence-corrected chi connectivity index (χ4v) is 5.66. The van der Waals surface area contributed by atoms with Gasteiger partial charge in [-0.15, -0.1) is 0 Å². The molecule has 42 heavy (non-hydrogen) atoms. The second kappa shape index (κ2) is 10.2. The molecule has 5 aromatic rings. The summed E-state index contributed by atoms with van der Waals surface area (Å²) in [6.07, 6.45) is 0. The molecular formula is C34H30N6O2. The number of ether oxygens (including phenoxy) is 2. The van der Waals surface area contributed by atoms with Gasteiger partial charge in [0.2, 0.25) is 0 Å². The maximum absolute atomic E-state index is 5.75. The van der Waals surface area contributed by atoms with Gasteiger partial charge in [0.15, 0.2) is 29.0 Å². The lowest BCUT2D eigenvalue weighted by Gasteiger charge is -2.40. The van der Waals surface area contributed by atoms with Crippen molar-refractivity contribution in [1.29, 1.82) is 0 Å². The number of aryl methyl sites for hydroxylation is 2. The molecule has 2 aliphatic rings. The van der Waals surface area contributed by atoms with Gasteiger partial charge < -0.3 is 19.7 Å². The predicted molar refractivity (Wildman–Crippen MR) is 168 cm³/mol. The van der Waals surface area contributed by atoms with E-state index in [4.69, 9.17) is 24.6 Å². The molecule has 0 spiro atoms. The van der Waals surface area contributed by atoms with Gasteiger partial charge in [-0.1, -0.05) is 54.1 Å². The van der Waals surface area contributed by atoms with E-state index >= 15 is 0 Å². The second-order valence-corrected chi connectivity index (χ2v) is 10.3. The van der Waals surface area contributed by atoms with Gasteiger partial charge in [-0.05, 0) is 67.9 Å². The lowest BCUT2D eigenvalue weighted by atomic mass is 9.93. The summed E-state index contributed by atoms with van der Waals surface area (Å²) < 4.78 is 13.2. The Morgan fingerprint density at radius 2 is 1.50 bits per heavy atom. The summed E-state index contributed by atoms with van der Waals surface area (Å²) in [7, 11) is 3.31. The van der Waals surface area contributed by atoms with Crippen LogP contribution in [0.2, 0.25) is 0 Å². The number of para-hydroxylation sites is 3. The van der Waals surface area contributed by atoms with Crippen LogP contribution in [0, 0.1) is 13.8 Å². The van der Waals surface area contributed by atoms with E-state index in [1.807, 2.05) is 72.3 Å². The zero-order valence-corrected chi connectivity index (χ0v) is 23.9. The Hall–Kier alpha value is -5.37. The van der Waals surface area contributed by atoms with Crippen molar-refractivity contribution >= 4 is 34.6 Å². The summed E-state index contributed by atoms with van der Waals surface area (Å²) in [6.45, 7) is 4.12. The first-order valence-corrected chi connectivity index (χ1v) is 13.8. The number of benzene rings is 4. The first-order chi connectivity index (χ1) is 20.6. The van der Waals surface area contributed by atoms with Gasteiger partial charge in [-0.3, -0.25) is 0 Å². The van der Waals surface area contributed by atoms with Gasteiger partial charge in [0.1, 0.15) is 0 Å². The molecule has 1 N–H and O–H groups in total. The summed E-state index contributed by atoms with van der Waals surface area (Å²) in [4.78, 5) is 12.6. The molecule has 0 bridgehead atoms. The van der Waals surface area contributed by atoms with Crippen LogP contribution in [0.5, 0.6) is 11.5 Å². The quantitative estimate of drug-likeness (QED) is 0.247. The third-order valence-corrected chi connectivity index (χ3v) is 7.68. The highest BCUT2D eigenvalue weighted by Crippen LogP contribution is 2.49. The van der Waals surface area contributed by atoms with Crippen LogP contribution in [-0.2, 0) is 0 Å². The highest BCUT2D eigenvalue weighted by Gasteiger charge is 2.41. The molecule has 4 aromatic carbocycles. The summed E-state index contributed by atoms with van der Waals surface area (Å²) >= 11 is 0. The fourth-order valence-electron chi connectivity index (χ4n) is 5.66. The van der Waals surface area contributed by atoms with Crippen LogP contribution in [0.25, 0.3) is 5.69 Å². The largest absolute Gasteiger partial charge is 0.493 e. The molecule has 1 atom stereocenters. The van der Waals surface area contributed by atoms with Gasteiger partial charge in [-0.25, -0.2) is 14.7 Å². The number of nitrogens with zero attached hydrogens (tertiary/aromatic N) is 5. The number of rotatable bonds is 5. The zero-order chi connectivity index (χ0) is 28.8.